The Balaban J connectivity index is 1.65. The van der Waals surface area contributed by atoms with Crippen molar-refractivity contribution in [1.82, 2.24) is 10.6 Å². The maximum Gasteiger partial charge on any atom is 0.0551 e. The molecule has 2 nitrogen and oxygen atoms in total. The van der Waals surface area contributed by atoms with Crippen molar-refractivity contribution in [2.75, 3.05) is 13.1 Å². The summed E-state index contributed by atoms with van der Waals surface area (Å²) in [6.07, 6.45) is 2.70. The van der Waals surface area contributed by atoms with Gasteiger partial charge in [-0.3, -0.25) is 0 Å². The smallest absolute Gasteiger partial charge is 0.0551 e. The van der Waals surface area contributed by atoms with E-state index >= 15 is 0 Å². The zero-order valence-electron chi connectivity index (χ0n) is 9.10. The van der Waals surface area contributed by atoms with Gasteiger partial charge >= 0.3 is 0 Å². The predicted molar refractivity (Wildman–Crippen MR) is 71.9 cm³/mol. The summed E-state index contributed by atoms with van der Waals surface area (Å²) in [5.74, 6) is 0. The Morgan fingerprint density at radius 3 is 2.81 bits per heavy atom. The van der Waals surface area contributed by atoms with E-state index in [4.69, 9.17) is 11.6 Å². The lowest BCUT2D eigenvalue weighted by Crippen LogP contribution is -2.28. The van der Waals surface area contributed by atoms with Crippen molar-refractivity contribution >= 4 is 27.5 Å². The molecule has 4 heteroatoms. The van der Waals surface area contributed by atoms with Crippen LogP contribution in [0.3, 0.4) is 0 Å². The van der Waals surface area contributed by atoms with E-state index in [2.05, 4.69) is 32.6 Å². The van der Waals surface area contributed by atoms with E-state index in [1.165, 1.54) is 18.4 Å². The molecule has 0 spiro atoms. The van der Waals surface area contributed by atoms with Gasteiger partial charge in [0.1, 0.15) is 0 Å². The van der Waals surface area contributed by atoms with Crippen molar-refractivity contribution < 1.29 is 0 Å². The standard InChI is InChI=1S/C12H16BrClN2/c13-11-4-1-9(7-12(11)14)8-15-5-6-16-10-2-3-10/h1,4,7,10,15-16H,2-3,5-6,8H2. The molecule has 1 aliphatic rings. The Morgan fingerprint density at radius 1 is 1.31 bits per heavy atom. The highest BCUT2D eigenvalue weighted by Gasteiger charge is 2.19. The van der Waals surface area contributed by atoms with Gasteiger partial charge in [-0.15, -0.1) is 0 Å². The highest BCUT2D eigenvalue weighted by molar-refractivity contribution is 9.10. The number of nitrogens with one attached hydrogen (secondary N) is 2. The van der Waals surface area contributed by atoms with E-state index in [1.807, 2.05) is 12.1 Å². The predicted octanol–water partition coefficient (Wildman–Crippen LogP) is 2.94. The first-order chi connectivity index (χ1) is 7.75. The quantitative estimate of drug-likeness (QED) is 0.790. The van der Waals surface area contributed by atoms with Crippen molar-refractivity contribution in [2.24, 2.45) is 0 Å². The fraction of sp³-hybridized carbons (Fsp3) is 0.500. The minimum atomic E-state index is 0.774. The summed E-state index contributed by atoms with van der Waals surface area (Å²) in [5, 5.41) is 7.64. The van der Waals surface area contributed by atoms with Crippen LogP contribution in [0.5, 0.6) is 0 Å². The summed E-state index contributed by atoms with van der Waals surface area (Å²) in [6, 6.07) is 6.86. The molecule has 0 heterocycles. The average Bonchev–Trinajstić information content (AvgIpc) is 3.07. The molecule has 1 aliphatic carbocycles. The second-order valence-corrected chi connectivity index (χ2v) is 5.42. The highest BCUT2D eigenvalue weighted by Crippen LogP contribution is 2.23. The zero-order chi connectivity index (χ0) is 11.4. The molecule has 2 rings (SSSR count). The van der Waals surface area contributed by atoms with E-state index in [1.54, 1.807) is 0 Å². The van der Waals surface area contributed by atoms with Crippen LogP contribution in [0.1, 0.15) is 18.4 Å². The van der Waals surface area contributed by atoms with Crippen LogP contribution in [0.15, 0.2) is 22.7 Å². The molecule has 0 bridgehead atoms. The molecule has 1 aromatic carbocycles. The Hall–Kier alpha value is -0.0900. The molecular weight excluding hydrogens is 288 g/mol. The van der Waals surface area contributed by atoms with Crippen LogP contribution in [0.25, 0.3) is 0 Å². The van der Waals surface area contributed by atoms with Crippen LogP contribution in [-0.2, 0) is 6.54 Å². The summed E-state index contributed by atoms with van der Waals surface area (Å²) >= 11 is 9.40. The molecule has 0 amide bonds. The Kier molecular flexibility index (Phi) is 4.65. The molecule has 88 valence electrons. The summed E-state index contributed by atoms with van der Waals surface area (Å²) in [6.45, 7) is 2.93. The first kappa shape index (κ1) is 12.4. The van der Waals surface area contributed by atoms with Crippen LogP contribution in [0.2, 0.25) is 5.02 Å². The third-order valence-corrected chi connectivity index (χ3v) is 3.86. The molecule has 2 N–H and O–H groups in total. The first-order valence-corrected chi connectivity index (χ1v) is 6.81. The van der Waals surface area contributed by atoms with E-state index in [9.17, 15) is 0 Å². The lowest BCUT2D eigenvalue weighted by atomic mass is 10.2. The molecule has 0 atom stereocenters. The van der Waals surface area contributed by atoms with Crippen molar-refractivity contribution in [3.63, 3.8) is 0 Å². The Bertz CT molecular complexity index is 353. The molecule has 0 unspecified atom stereocenters. The number of rotatable bonds is 6. The van der Waals surface area contributed by atoms with Gasteiger partial charge in [0.15, 0.2) is 0 Å². The van der Waals surface area contributed by atoms with Gasteiger partial charge in [0.2, 0.25) is 0 Å². The van der Waals surface area contributed by atoms with Crippen LogP contribution >= 0.6 is 27.5 Å². The second kappa shape index (κ2) is 6.01. The SMILES string of the molecule is Clc1cc(CNCCNC2CC2)ccc1Br. The van der Waals surface area contributed by atoms with Crippen molar-refractivity contribution in [3.8, 4) is 0 Å². The largest absolute Gasteiger partial charge is 0.313 e. The second-order valence-electron chi connectivity index (χ2n) is 4.15. The van der Waals surface area contributed by atoms with Crippen LogP contribution in [0, 0.1) is 0 Å². The summed E-state index contributed by atoms with van der Waals surface area (Å²) in [4.78, 5) is 0. The van der Waals surface area contributed by atoms with Crippen LogP contribution < -0.4 is 10.6 Å². The fourth-order valence-corrected chi connectivity index (χ4v) is 1.98. The summed E-state index contributed by atoms with van der Waals surface area (Å²) in [5.41, 5.74) is 1.22. The van der Waals surface area contributed by atoms with Gasteiger partial charge in [0.05, 0.1) is 5.02 Å². The van der Waals surface area contributed by atoms with Gasteiger partial charge in [-0.2, -0.15) is 0 Å². The van der Waals surface area contributed by atoms with Crippen LogP contribution in [-0.4, -0.2) is 19.1 Å². The van der Waals surface area contributed by atoms with Gasteiger partial charge in [-0.1, -0.05) is 17.7 Å². The lowest BCUT2D eigenvalue weighted by Gasteiger charge is -2.06. The summed E-state index contributed by atoms with van der Waals surface area (Å²) in [7, 11) is 0. The summed E-state index contributed by atoms with van der Waals surface area (Å²) < 4.78 is 0.952. The normalized spacial score (nSPS) is 15.4. The molecule has 1 aromatic rings. The maximum atomic E-state index is 6.02. The number of hydrogen-bond acceptors (Lipinski definition) is 2. The van der Waals surface area contributed by atoms with Gasteiger partial charge in [-0.05, 0) is 46.5 Å². The fourth-order valence-electron chi connectivity index (χ4n) is 1.53. The van der Waals surface area contributed by atoms with Gasteiger partial charge < -0.3 is 10.6 Å². The van der Waals surface area contributed by atoms with Gasteiger partial charge in [0, 0.05) is 30.1 Å². The molecule has 0 saturated heterocycles. The van der Waals surface area contributed by atoms with Crippen LogP contribution in [0.4, 0.5) is 0 Å². The maximum absolute atomic E-state index is 6.02. The number of benzene rings is 1. The van der Waals surface area contributed by atoms with E-state index in [-0.39, 0.29) is 0 Å². The Morgan fingerprint density at radius 2 is 2.12 bits per heavy atom. The third kappa shape index (κ3) is 4.06. The monoisotopic (exact) mass is 302 g/mol. The highest BCUT2D eigenvalue weighted by atomic mass is 79.9. The van der Waals surface area contributed by atoms with Gasteiger partial charge in [0.25, 0.3) is 0 Å². The topological polar surface area (TPSA) is 24.1 Å². The van der Waals surface area contributed by atoms with E-state index in [0.29, 0.717) is 0 Å². The molecular formula is C12H16BrClN2. The molecule has 1 fully saturated rings. The van der Waals surface area contributed by atoms with Crippen molar-refractivity contribution in [2.45, 2.75) is 25.4 Å². The van der Waals surface area contributed by atoms with Crippen molar-refractivity contribution in [3.05, 3.63) is 33.3 Å². The van der Waals surface area contributed by atoms with Crippen molar-refractivity contribution in [1.29, 1.82) is 0 Å². The average molecular weight is 304 g/mol. The lowest BCUT2D eigenvalue weighted by molar-refractivity contribution is 0.608. The number of hydrogen-bond donors (Lipinski definition) is 2. The molecule has 0 aromatic heterocycles. The first-order valence-electron chi connectivity index (χ1n) is 5.64. The molecule has 0 radical (unpaired) electrons. The number of halogens is 2. The zero-order valence-corrected chi connectivity index (χ0v) is 11.4. The molecule has 0 aliphatic heterocycles. The molecule has 1 saturated carbocycles. The third-order valence-electron chi connectivity index (χ3n) is 2.63. The minimum absolute atomic E-state index is 0.774. The molecule has 16 heavy (non-hydrogen) atoms. The minimum Gasteiger partial charge on any atom is -0.313 e. The van der Waals surface area contributed by atoms with E-state index in [0.717, 1.165) is 35.2 Å². The van der Waals surface area contributed by atoms with E-state index < -0.39 is 0 Å². The van der Waals surface area contributed by atoms with Gasteiger partial charge in [-0.25, -0.2) is 0 Å². The Labute approximate surface area is 110 Å².